The van der Waals surface area contributed by atoms with Gasteiger partial charge in [0.15, 0.2) is 6.61 Å². The third-order valence-corrected chi connectivity index (χ3v) is 2.87. The molecule has 0 N–H and O–H groups in total. The SMILES string of the molecule is Cn1ccc(C(=O)COc2ccc(Br)cc2)c1. The van der Waals surface area contributed by atoms with Gasteiger partial charge in [0, 0.05) is 29.5 Å². The van der Waals surface area contributed by atoms with E-state index in [0.717, 1.165) is 4.47 Å². The second-order valence-electron chi connectivity index (χ2n) is 3.73. The fourth-order valence-corrected chi connectivity index (χ4v) is 1.70. The predicted molar refractivity (Wildman–Crippen MR) is 69.4 cm³/mol. The largest absolute Gasteiger partial charge is 0.485 e. The minimum atomic E-state index is -0.0199. The summed E-state index contributed by atoms with van der Waals surface area (Å²) in [4.78, 5) is 11.8. The normalized spacial score (nSPS) is 10.2. The van der Waals surface area contributed by atoms with Gasteiger partial charge in [0.1, 0.15) is 5.75 Å². The van der Waals surface area contributed by atoms with Crippen molar-refractivity contribution in [3.05, 3.63) is 52.8 Å². The van der Waals surface area contributed by atoms with Gasteiger partial charge in [-0.25, -0.2) is 0 Å². The molecule has 3 nitrogen and oxygen atoms in total. The topological polar surface area (TPSA) is 31.2 Å². The van der Waals surface area contributed by atoms with Crippen LogP contribution in [0.2, 0.25) is 0 Å². The maximum atomic E-state index is 11.8. The van der Waals surface area contributed by atoms with Crippen LogP contribution in [0, 0.1) is 0 Å². The molecule has 0 unspecified atom stereocenters. The van der Waals surface area contributed by atoms with E-state index in [1.165, 1.54) is 0 Å². The first-order valence-corrected chi connectivity index (χ1v) is 5.98. The molecule has 0 radical (unpaired) electrons. The van der Waals surface area contributed by atoms with Crippen molar-refractivity contribution in [3.63, 3.8) is 0 Å². The number of halogens is 1. The van der Waals surface area contributed by atoms with Gasteiger partial charge in [-0.1, -0.05) is 15.9 Å². The summed E-state index contributed by atoms with van der Waals surface area (Å²) in [5.41, 5.74) is 0.671. The van der Waals surface area contributed by atoms with Gasteiger partial charge in [-0.15, -0.1) is 0 Å². The lowest BCUT2D eigenvalue weighted by Gasteiger charge is -2.04. The summed E-state index contributed by atoms with van der Waals surface area (Å²) in [5.74, 6) is 0.672. The van der Waals surface area contributed by atoms with E-state index in [9.17, 15) is 4.79 Å². The average Bonchev–Trinajstić information content (AvgIpc) is 2.75. The molecule has 0 aliphatic heterocycles. The van der Waals surface area contributed by atoms with Crippen LogP contribution in [-0.2, 0) is 7.05 Å². The molecule has 0 aliphatic carbocycles. The van der Waals surface area contributed by atoms with Gasteiger partial charge in [-0.2, -0.15) is 0 Å². The van der Waals surface area contributed by atoms with Crippen LogP contribution >= 0.6 is 15.9 Å². The van der Waals surface area contributed by atoms with Crippen molar-refractivity contribution in [1.82, 2.24) is 4.57 Å². The molecule has 0 bridgehead atoms. The number of Topliss-reactive ketones (excluding diaryl/α,β-unsaturated/α-hetero) is 1. The molecular weight excluding hydrogens is 282 g/mol. The maximum Gasteiger partial charge on any atom is 0.201 e. The zero-order valence-corrected chi connectivity index (χ0v) is 11.0. The lowest BCUT2D eigenvalue weighted by atomic mass is 10.2. The molecule has 88 valence electrons. The summed E-state index contributed by atoms with van der Waals surface area (Å²) in [6, 6.07) is 9.18. The van der Waals surface area contributed by atoms with Crippen LogP contribution in [-0.4, -0.2) is 17.0 Å². The van der Waals surface area contributed by atoms with E-state index >= 15 is 0 Å². The summed E-state index contributed by atoms with van der Waals surface area (Å²) in [6.07, 6.45) is 3.63. The van der Waals surface area contributed by atoms with Gasteiger partial charge in [-0.3, -0.25) is 4.79 Å². The molecule has 0 spiro atoms. The Morgan fingerprint density at radius 1 is 1.29 bits per heavy atom. The van der Waals surface area contributed by atoms with Crippen molar-refractivity contribution >= 4 is 21.7 Å². The first-order chi connectivity index (χ1) is 8.15. The second kappa shape index (κ2) is 5.19. The van der Waals surface area contributed by atoms with Gasteiger partial charge in [0.2, 0.25) is 5.78 Å². The summed E-state index contributed by atoms with van der Waals surface area (Å²) in [7, 11) is 1.88. The van der Waals surface area contributed by atoms with E-state index in [1.54, 1.807) is 12.3 Å². The molecule has 0 fully saturated rings. The molecule has 1 aromatic heterocycles. The van der Waals surface area contributed by atoms with E-state index in [1.807, 2.05) is 42.1 Å². The third-order valence-electron chi connectivity index (χ3n) is 2.34. The molecular formula is C13H12BrNO2. The Balaban J connectivity index is 1.94. The van der Waals surface area contributed by atoms with Gasteiger partial charge in [0.25, 0.3) is 0 Å². The number of ether oxygens (including phenoxy) is 1. The molecule has 17 heavy (non-hydrogen) atoms. The number of carbonyl (C=O) groups excluding carboxylic acids is 1. The van der Waals surface area contributed by atoms with Crippen LogP contribution in [0.15, 0.2) is 47.2 Å². The van der Waals surface area contributed by atoms with Crippen molar-refractivity contribution < 1.29 is 9.53 Å². The molecule has 0 saturated heterocycles. The molecule has 0 atom stereocenters. The number of nitrogens with zero attached hydrogens (tertiary/aromatic N) is 1. The number of aromatic nitrogens is 1. The quantitative estimate of drug-likeness (QED) is 0.812. The predicted octanol–water partition coefficient (Wildman–Crippen LogP) is 3.05. The highest BCUT2D eigenvalue weighted by molar-refractivity contribution is 9.10. The zero-order valence-electron chi connectivity index (χ0n) is 9.39. The molecule has 0 saturated carbocycles. The van der Waals surface area contributed by atoms with E-state index in [2.05, 4.69) is 15.9 Å². The molecule has 2 aromatic rings. The minimum absolute atomic E-state index is 0.0199. The molecule has 1 aromatic carbocycles. The van der Waals surface area contributed by atoms with Crippen molar-refractivity contribution in [2.75, 3.05) is 6.61 Å². The summed E-state index contributed by atoms with van der Waals surface area (Å²) >= 11 is 3.34. The summed E-state index contributed by atoms with van der Waals surface area (Å²) in [5, 5.41) is 0. The van der Waals surface area contributed by atoms with Crippen LogP contribution in [0.1, 0.15) is 10.4 Å². The Labute approximate surface area is 108 Å². The van der Waals surface area contributed by atoms with Crippen molar-refractivity contribution in [2.24, 2.45) is 7.05 Å². The van der Waals surface area contributed by atoms with Crippen LogP contribution in [0.4, 0.5) is 0 Å². The highest BCUT2D eigenvalue weighted by Crippen LogP contribution is 2.16. The van der Waals surface area contributed by atoms with Gasteiger partial charge in [-0.05, 0) is 30.3 Å². The smallest absolute Gasteiger partial charge is 0.201 e. The Kier molecular flexibility index (Phi) is 3.64. The van der Waals surface area contributed by atoms with Gasteiger partial charge in [0.05, 0.1) is 0 Å². The fourth-order valence-electron chi connectivity index (χ4n) is 1.43. The molecule has 1 heterocycles. The molecule has 2 rings (SSSR count). The number of hydrogen-bond acceptors (Lipinski definition) is 2. The highest BCUT2D eigenvalue weighted by Gasteiger charge is 2.07. The Bertz CT molecular complexity index is 516. The number of hydrogen-bond donors (Lipinski definition) is 0. The van der Waals surface area contributed by atoms with E-state index in [4.69, 9.17) is 4.74 Å². The number of aryl methyl sites for hydroxylation is 1. The minimum Gasteiger partial charge on any atom is -0.485 e. The van der Waals surface area contributed by atoms with Crippen LogP contribution in [0.25, 0.3) is 0 Å². The first-order valence-electron chi connectivity index (χ1n) is 5.19. The highest BCUT2D eigenvalue weighted by atomic mass is 79.9. The monoisotopic (exact) mass is 293 g/mol. The van der Waals surface area contributed by atoms with E-state index < -0.39 is 0 Å². The summed E-state index contributed by atoms with van der Waals surface area (Å²) < 4.78 is 8.23. The first kappa shape index (κ1) is 11.9. The van der Waals surface area contributed by atoms with Crippen LogP contribution < -0.4 is 4.74 Å². The standard InChI is InChI=1S/C13H12BrNO2/c1-15-7-6-10(8-15)13(16)9-17-12-4-2-11(14)3-5-12/h2-8H,9H2,1H3. The molecule has 4 heteroatoms. The van der Waals surface area contributed by atoms with Gasteiger partial charge >= 0.3 is 0 Å². The Morgan fingerprint density at radius 2 is 2.00 bits per heavy atom. The number of carbonyl (C=O) groups is 1. The van der Waals surface area contributed by atoms with Crippen LogP contribution in [0.3, 0.4) is 0 Å². The zero-order chi connectivity index (χ0) is 12.3. The lowest BCUT2D eigenvalue weighted by molar-refractivity contribution is 0.0921. The van der Waals surface area contributed by atoms with Crippen LogP contribution in [0.5, 0.6) is 5.75 Å². The average molecular weight is 294 g/mol. The Morgan fingerprint density at radius 3 is 2.59 bits per heavy atom. The van der Waals surface area contributed by atoms with Crippen molar-refractivity contribution in [2.45, 2.75) is 0 Å². The van der Waals surface area contributed by atoms with Crippen molar-refractivity contribution in [1.29, 1.82) is 0 Å². The number of benzene rings is 1. The number of rotatable bonds is 4. The van der Waals surface area contributed by atoms with Crippen molar-refractivity contribution in [3.8, 4) is 5.75 Å². The number of ketones is 1. The molecule has 0 amide bonds. The fraction of sp³-hybridized carbons (Fsp3) is 0.154. The van der Waals surface area contributed by atoms with Gasteiger partial charge < -0.3 is 9.30 Å². The van der Waals surface area contributed by atoms with E-state index in [0.29, 0.717) is 11.3 Å². The lowest BCUT2D eigenvalue weighted by Crippen LogP contribution is -2.10. The third kappa shape index (κ3) is 3.20. The molecule has 0 aliphatic rings. The Hall–Kier alpha value is -1.55. The summed E-state index contributed by atoms with van der Waals surface area (Å²) in [6.45, 7) is 0.0612. The second-order valence-corrected chi connectivity index (χ2v) is 4.65. The van der Waals surface area contributed by atoms with E-state index in [-0.39, 0.29) is 12.4 Å². The maximum absolute atomic E-state index is 11.8.